The minimum absolute atomic E-state index is 0.00558. The van der Waals surface area contributed by atoms with Gasteiger partial charge in [-0.25, -0.2) is 0 Å². The third kappa shape index (κ3) is 6.93. The summed E-state index contributed by atoms with van der Waals surface area (Å²) in [4.78, 5) is 26.4. The summed E-state index contributed by atoms with van der Waals surface area (Å²) in [7, 11) is 3.89. The van der Waals surface area contributed by atoms with Crippen LogP contribution in [0.3, 0.4) is 0 Å². The SMILES string of the molecule is CN(C)CCNC(=O)C(C)(C)CC(=O)Cc1ccc(CO)cc1. The summed E-state index contributed by atoms with van der Waals surface area (Å²) in [6.45, 7) is 4.93. The van der Waals surface area contributed by atoms with E-state index in [2.05, 4.69) is 5.32 Å². The van der Waals surface area contributed by atoms with Gasteiger partial charge in [0.25, 0.3) is 0 Å². The highest BCUT2D eigenvalue weighted by Gasteiger charge is 2.30. The monoisotopic (exact) mass is 320 g/mol. The van der Waals surface area contributed by atoms with E-state index in [1.807, 2.05) is 43.3 Å². The fraction of sp³-hybridized carbons (Fsp3) is 0.556. The predicted octanol–water partition coefficient (Wildman–Crippen LogP) is 1.38. The maximum atomic E-state index is 12.2. The summed E-state index contributed by atoms with van der Waals surface area (Å²) in [5.41, 5.74) is 1.01. The van der Waals surface area contributed by atoms with Crippen LogP contribution in [-0.2, 0) is 22.6 Å². The quantitative estimate of drug-likeness (QED) is 0.721. The Balaban J connectivity index is 2.51. The molecular formula is C18H28N2O3. The number of nitrogens with zero attached hydrogens (tertiary/aromatic N) is 1. The number of hydrogen-bond acceptors (Lipinski definition) is 4. The first kappa shape index (κ1) is 19.3. The van der Waals surface area contributed by atoms with Gasteiger partial charge in [0, 0.05) is 25.9 Å². The van der Waals surface area contributed by atoms with Gasteiger partial charge in [-0.2, -0.15) is 0 Å². The van der Waals surface area contributed by atoms with Crippen LogP contribution in [0.4, 0.5) is 0 Å². The number of benzene rings is 1. The van der Waals surface area contributed by atoms with Crippen molar-refractivity contribution in [3.05, 3.63) is 35.4 Å². The van der Waals surface area contributed by atoms with Crippen molar-refractivity contribution in [2.75, 3.05) is 27.2 Å². The van der Waals surface area contributed by atoms with Gasteiger partial charge in [0.15, 0.2) is 0 Å². The highest BCUT2D eigenvalue weighted by molar-refractivity contribution is 5.90. The minimum atomic E-state index is -0.714. The Bertz CT molecular complexity index is 522. The number of ketones is 1. The maximum Gasteiger partial charge on any atom is 0.226 e. The van der Waals surface area contributed by atoms with E-state index in [0.717, 1.165) is 17.7 Å². The fourth-order valence-corrected chi connectivity index (χ4v) is 2.26. The van der Waals surface area contributed by atoms with E-state index in [0.29, 0.717) is 13.0 Å². The molecule has 0 saturated heterocycles. The van der Waals surface area contributed by atoms with E-state index in [9.17, 15) is 9.59 Å². The number of aliphatic hydroxyl groups is 1. The lowest BCUT2D eigenvalue weighted by atomic mass is 9.85. The van der Waals surface area contributed by atoms with Gasteiger partial charge in [-0.3, -0.25) is 9.59 Å². The van der Waals surface area contributed by atoms with Gasteiger partial charge in [-0.1, -0.05) is 38.1 Å². The van der Waals surface area contributed by atoms with Gasteiger partial charge in [0.2, 0.25) is 5.91 Å². The van der Waals surface area contributed by atoms with Crippen molar-refractivity contribution in [1.29, 1.82) is 0 Å². The van der Waals surface area contributed by atoms with Crippen LogP contribution in [0.25, 0.3) is 0 Å². The average Bonchev–Trinajstić information content (AvgIpc) is 2.46. The van der Waals surface area contributed by atoms with Crippen LogP contribution in [0.15, 0.2) is 24.3 Å². The highest BCUT2D eigenvalue weighted by Crippen LogP contribution is 2.22. The molecule has 1 rings (SSSR count). The molecule has 5 heteroatoms. The molecule has 0 fully saturated rings. The summed E-state index contributed by atoms with van der Waals surface area (Å²) >= 11 is 0. The second-order valence-corrected chi connectivity index (χ2v) is 6.81. The molecule has 0 heterocycles. The molecule has 0 saturated carbocycles. The van der Waals surface area contributed by atoms with Crippen LogP contribution in [0, 0.1) is 5.41 Å². The molecule has 0 aliphatic carbocycles. The van der Waals surface area contributed by atoms with Crippen LogP contribution in [0.1, 0.15) is 31.4 Å². The van der Waals surface area contributed by atoms with Crippen molar-refractivity contribution >= 4 is 11.7 Å². The summed E-state index contributed by atoms with van der Waals surface area (Å²) in [5, 5.41) is 11.9. The van der Waals surface area contributed by atoms with E-state index in [-0.39, 0.29) is 24.7 Å². The molecule has 0 spiro atoms. The van der Waals surface area contributed by atoms with Gasteiger partial charge in [0.1, 0.15) is 5.78 Å². The summed E-state index contributed by atoms with van der Waals surface area (Å²) < 4.78 is 0. The molecule has 1 aromatic carbocycles. The molecule has 1 aromatic rings. The van der Waals surface area contributed by atoms with Crippen LogP contribution >= 0.6 is 0 Å². The summed E-state index contributed by atoms with van der Waals surface area (Å²) in [6, 6.07) is 7.30. The lowest BCUT2D eigenvalue weighted by molar-refractivity contribution is -0.133. The molecule has 2 N–H and O–H groups in total. The third-order valence-corrected chi connectivity index (χ3v) is 3.71. The minimum Gasteiger partial charge on any atom is -0.392 e. The number of likely N-dealkylation sites (N-methyl/N-ethyl adjacent to an activating group) is 1. The second-order valence-electron chi connectivity index (χ2n) is 6.81. The van der Waals surface area contributed by atoms with Crippen LogP contribution < -0.4 is 5.32 Å². The van der Waals surface area contributed by atoms with Crippen LogP contribution in [0.2, 0.25) is 0 Å². The average molecular weight is 320 g/mol. The Kier molecular flexibility index (Phi) is 7.39. The molecule has 0 aromatic heterocycles. The van der Waals surface area contributed by atoms with Crippen molar-refractivity contribution in [3.8, 4) is 0 Å². The van der Waals surface area contributed by atoms with Gasteiger partial charge in [0.05, 0.1) is 12.0 Å². The number of aliphatic hydroxyl groups excluding tert-OH is 1. The van der Waals surface area contributed by atoms with Gasteiger partial charge >= 0.3 is 0 Å². The number of hydrogen-bond donors (Lipinski definition) is 2. The third-order valence-electron chi connectivity index (χ3n) is 3.71. The Hall–Kier alpha value is -1.72. The molecule has 23 heavy (non-hydrogen) atoms. The zero-order valence-corrected chi connectivity index (χ0v) is 14.6. The molecule has 0 aliphatic rings. The van der Waals surface area contributed by atoms with E-state index in [1.165, 1.54) is 0 Å². The van der Waals surface area contributed by atoms with Gasteiger partial charge in [-0.05, 0) is 25.2 Å². The van der Waals surface area contributed by atoms with Crippen molar-refractivity contribution < 1.29 is 14.7 Å². The second kappa shape index (κ2) is 8.79. The van der Waals surface area contributed by atoms with Crippen LogP contribution in [-0.4, -0.2) is 48.9 Å². The molecular weight excluding hydrogens is 292 g/mol. The molecule has 0 bridgehead atoms. The van der Waals surface area contributed by atoms with Crippen molar-refractivity contribution in [1.82, 2.24) is 10.2 Å². The highest BCUT2D eigenvalue weighted by atomic mass is 16.3. The standard InChI is InChI=1S/C18H28N2O3/c1-18(2,17(23)19-9-10-20(3)4)12-16(22)11-14-5-7-15(13-21)8-6-14/h5-8,21H,9-13H2,1-4H3,(H,19,23). The molecule has 1 amide bonds. The Labute approximate surface area is 138 Å². The lowest BCUT2D eigenvalue weighted by Gasteiger charge is -2.23. The zero-order valence-electron chi connectivity index (χ0n) is 14.6. The lowest BCUT2D eigenvalue weighted by Crippen LogP contribution is -2.41. The number of carbonyl (C=O) groups excluding carboxylic acids is 2. The largest absolute Gasteiger partial charge is 0.392 e. The fourth-order valence-electron chi connectivity index (χ4n) is 2.26. The number of Topliss-reactive ketones (excluding diaryl/α,β-unsaturated/α-hetero) is 1. The number of carbonyl (C=O) groups is 2. The van der Waals surface area contributed by atoms with Crippen molar-refractivity contribution in [2.24, 2.45) is 5.41 Å². The predicted molar refractivity (Wildman–Crippen MR) is 91.0 cm³/mol. The van der Waals surface area contributed by atoms with Crippen LogP contribution in [0.5, 0.6) is 0 Å². The van der Waals surface area contributed by atoms with Crippen molar-refractivity contribution in [3.63, 3.8) is 0 Å². The van der Waals surface area contributed by atoms with Gasteiger partial charge < -0.3 is 15.3 Å². The number of rotatable bonds is 9. The van der Waals surface area contributed by atoms with E-state index < -0.39 is 5.41 Å². The summed E-state index contributed by atoms with van der Waals surface area (Å²) in [5.74, 6) is -0.0576. The Morgan fingerprint density at radius 1 is 1.13 bits per heavy atom. The number of amides is 1. The molecule has 0 atom stereocenters. The first-order chi connectivity index (χ1) is 10.7. The molecule has 0 aliphatic heterocycles. The van der Waals surface area contributed by atoms with Gasteiger partial charge in [-0.15, -0.1) is 0 Å². The molecule has 5 nitrogen and oxygen atoms in total. The van der Waals surface area contributed by atoms with E-state index in [1.54, 1.807) is 13.8 Å². The van der Waals surface area contributed by atoms with E-state index >= 15 is 0 Å². The van der Waals surface area contributed by atoms with E-state index in [4.69, 9.17) is 5.11 Å². The maximum absolute atomic E-state index is 12.2. The molecule has 128 valence electrons. The summed E-state index contributed by atoms with van der Waals surface area (Å²) in [6.07, 6.45) is 0.517. The molecule has 0 unspecified atom stereocenters. The first-order valence-corrected chi connectivity index (χ1v) is 7.88. The molecule has 0 radical (unpaired) electrons. The Morgan fingerprint density at radius 3 is 2.22 bits per heavy atom. The Morgan fingerprint density at radius 2 is 1.70 bits per heavy atom. The normalized spacial score (nSPS) is 11.6. The zero-order chi connectivity index (χ0) is 17.5. The number of nitrogens with one attached hydrogen (secondary N) is 1. The smallest absolute Gasteiger partial charge is 0.226 e. The van der Waals surface area contributed by atoms with Crippen molar-refractivity contribution in [2.45, 2.75) is 33.3 Å². The first-order valence-electron chi connectivity index (χ1n) is 7.88. The topological polar surface area (TPSA) is 69.6 Å².